The second-order valence-corrected chi connectivity index (χ2v) is 5.39. The van der Waals surface area contributed by atoms with Gasteiger partial charge in [-0.1, -0.05) is 18.2 Å². The molecular weight excluding hydrogens is 291 g/mol. The minimum Gasteiger partial charge on any atom is -0.462 e. The van der Waals surface area contributed by atoms with Gasteiger partial charge in [0.15, 0.2) is 0 Å². The van der Waals surface area contributed by atoms with E-state index < -0.39 is 4.84 Å². The topological polar surface area (TPSA) is 35.5 Å². The summed E-state index contributed by atoms with van der Waals surface area (Å²) in [7, 11) is 0.588. The zero-order valence-corrected chi connectivity index (χ0v) is 13.7. The fourth-order valence-corrected chi connectivity index (χ4v) is 2.76. The van der Waals surface area contributed by atoms with Crippen molar-refractivity contribution in [1.29, 1.82) is 0 Å². The maximum Gasteiger partial charge on any atom is 0.338 e. The maximum absolute atomic E-state index is 11.6. The predicted molar refractivity (Wildman–Crippen MR) is 76.3 cm³/mol. The summed E-state index contributed by atoms with van der Waals surface area (Å²) < 4.78 is 10.4. The number of hydrogen-bond donors (Lipinski definition) is 0. The SMILES string of the molecule is O=C(OCCCC(O[SiH3])C(Cl)Cl)c1ccccc1. The van der Waals surface area contributed by atoms with E-state index in [2.05, 4.69) is 0 Å². The van der Waals surface area contributed by atoms with Gasteiger partial charge in [-0.05, 0) is 25.0 Å². The lowest BCUT2D eigenvalue weighted by atomic mass is 10.2. The maximum atomic E-state index is 11.6. The van der Waals surface area contributed by atoms with Gasteiger partial charge in [0, 0.05) is 0 Å². The van der Waals surface area contributed by atoms with Gasteiger partial charge in [0.05, 0.1) is 18.3 Å². The molecule has 0 aliphatic heterocycles. The van der Waals surface area contributed by atoms with Crippen LogP contribution in [0.1, 0.15) is 23.2 Å². The fraction of sp³-hybridized carbons (Fsp3) is 0.417. The summed E-state index contributed by atoms with van der Waals surface area (Å²) in [5.74, 6) is -0.313. The number of carbonyl (C=O) groups excluding carboxylic acids is 1. The van der Waals surface area contributed by atoms with E-state index >= 15 is 0 Å². The van der Waals surface area contributed by atoms with Gasteiger partial charge in [-0.2, -0.15) is 0 Å². The Balaban J connectivity index is 2.24. The van der Waals surface area contributed by atoms with Crippen LogP contribution < -0.4 is 0 Å². The minimum atomic E-state index is -0.535. The molecule has 1 aromatic rings. The van der Waals surface area contributed by atoms with E-state index in [0.29, 0.717) is 35.5 Å². The van der Waals surface area contributed by atoms with Gasteiger partial charge in [0.2, 0.25) is 0 Å². The van der Waals surface area contributed by atoms with Gasteiger partial charge >= 0.3 is 5.97 Å². The second-order valence-electron chi connectivity index (χ2n) is 3.75. The Bertz CT molecular complexity index is 360. The Labute approximate surface area is 120 Å². The van der Waals surface area contributed by atoms with Crippen LogP contribution in [0.2, 0.25) is 0 Å². The highest BCUT2D eigenvalue weighted by Crippen LogP contribution is 2.15. The fourth-order valence-electron chi connectivity index (χ4n) is 1.45. The molecule has 0 aromatic heterocycles. The van der Waals surface area contributed by atoms with Crippen LogP contribution in [0.3, 0.4) is 0 Å². The van der Waals surface area contributed by atoms with E-state index in [1.165, 1.54) is 0 Å². The third kappa shape index (κ3) is 5.39. The number of hydrogen-bond acceptors (Lipinski definition) is 3. The summed E-state index contributed by atoms with van der Waals surface area (Å²) in [6.45, 7) is 0.343. The average Bonchev–Trinajstić information content (AvgIpc) is 2.39. The van der Waals surface area contributed by atoms with Gasteiger partial charge < -0.3 is 9.16 Å². The Hall–Kier alpha value is -0.553. The molecule has 0 fully saturated rings. The summed E-state index contributed by atoms with van der Waals surface area (Å²) in [5, 5.41) is 0. The van der Waals surface area contributed by atoms with Crippen LogP contribution in [0.25, 0.3) is 0 Å². The number of ether oxygens (including phenoxy) is 1. The molecule has 0 N–H and O–H groups in total. The van der Waals surface area contributed by atoms with E-state index in [-0.39, 0.29) is 12.1 Å². The molecule has 1 rings (SSSR count). The van der Waals surface area contributed by atoms with Gasteiger partial charge in [0.1, 0.15) is 15.3 Å². The monoisotopic (exact) mass is 306 g/mol. The molecule has 0 aliphatic carbocycles. The number of carbonyl (C=O) groups is 1. The van der Waals surface area contributed by atoms with E-state index in [4.69, 9.17) is 32.4 Å². The van der Waals surface area contributed by atoms with Gasteiger partial charge in [-0.15, -0.1) is 23.2 Å². The quantitative estimate of drug-likeness (QED) is 0.335. The molecule has 100 valence electrons. The van der Waals surface area contributed by atoms with Gasteiger partial charge in [0.25, 0.3) is 0 Å². The van der Waals surface area contributed by atoms with E-state index in [1.807, 2.05) is 6.07 Å². The minimum absolute atomic E-state index is 0.171. The molecule has 0 radical (unpaired) electrons. The lowest BCUT2D eigenvalue weighted by Crippen LogP contribution is -2.20. The molecule has 0 saturated heterocycles. The Morgan fingerprint density at radius 1 is 1.28 bits per heavy atom. The summed E-state index contributed by atoms with van der Waals surface area (Å²) in [6, 6.07) is 8.89. The average molecular weight is 307 g/mol. The summed E-state index contributed by atoms with van der Waals surface area (Å²) in [6.07, 6.45) is 1.19. The highest BCUT2D eigenvalue weighted by Gasteiger charge is 2.15. The molecule has 1 aromatic carbocycles. The second kappa shape index (κ2) is 8.53. The van der Waals surface area contributed by atoms with E-state index in [9.17, 15) is 4.79 Å². The molecule has 18 heavy (non-hydrogen) atoms. The Morgan fingerprint density at radius 3 is 2.50 bits per heavy atom. The number of esters is 1. The number of benzene rings is 1. The first kappa shape index (κ1) is 15.5. The van der Waals surface area contributed by atoms with Crippen molar-refractivity contribution in [2.24, 2.45) is 0 Å². The van der Waals surface area contributed by atoms with Crippen molar-refractivity contribution in [3.8, 4) is 0 Å². The molecule has 0 spiro atoms. The first-order valence-electron chi connectivity index (χ1n) is 5.68. The van der Waals surface area contributed by atoms with Crippen LogP contribution >= 0.6 is 23.2 Å². The molecule has 0 aliphatic rings. The van der Waals surface area contributed by atoms with Crippen molar-refractivity contribution in [3.63, 3.8) is 0 Å². The molecular formula is C12H16Cl2O3Si. The van der Waals surface area contributed by atoms with Gasteiger partial charge in [-0.25, -0.2) is 4.79 Å². The highest BCUT2D eigenvalue weighted by atomic mass is 35.5. The van der Waals surface area contributed by atoms with Crippen molar-refractivity contribution in [3.05, 3.63) is 35.9 Å². The van der Waals surface area contributed by atoms with Crippen LogP contribution in [-0.4, -0.2) is 34.0 Å². The molecule has 0 bridgehead atoms. The summed E-state index contributed by atoms with van der Waals surface area (Å²) >= 11 is 11.5. The molecule has 0 amide bonds. The zero-order chi connectivity index (χ0) is 13.4. The zero-order valence-electron chi connectivity index (χ0n) is 10.1. The Kier molecular flexibility index (Phi) is 7.35. The predicted octanol–water partition coefficient (Wildman–Crippen LogP) is 2.09. The smallest absolute Gasteiger partial charge is 0.338 e. The van der Waals surface area contributed by atoms with Crippen molar-refractivity contribution >= 4 is 39.7 Å². The number of alkyl halides is 2. The molecule has 0 saturated carbocycles. The molecule has 1 unspecified atom stereocenters. The first-order valence-corrected chi connectivity index (χ1v) is 7.37. The number of halogens is 2. The summed E-state index contributed by atoms with van der Waals surface area (Å²) in [4.78, 5) is 11.1. The van der Waals surface area contributed by atoms with Crippen LogP contribution in [-0.2, 0) is 9.16 Å². The molecule has 3 nitrogen and oxygen atoms in total. The Morgan fingerprint density at radius 2 is 1.94 bits per heavy atom. The highest BCUT2D eigenvalue weighted by molar-refractivity contribution is 6.44. The van der Waals surface area contributed by atoms with Gasteiger partial charge in [-0.3, -0.25) is 0 Å². The third-order valence-electron chi connectivity index (χ3n) is 2.46. The van der Waals surface area contributed by atoms with Crippen LogP contribution in [0.5, 0.6) is 0 Å². The molecule has 0 heterocycles. The van der Waals surface area contributed by atoms with Crippen molar-refractivity contribution < 1.29 is 14.0 Å². The standard InChI is InChI=1S/C12H16Cl2O3Si/c13-11(14)10(17-18)7-4-8-16-12(15)9-5-2-1-3-6-9/h1-3,5-6,10-11H,4,7-8H2,18H3. The summed E-state index contributed by atoms with van der Waals surface area (Å²) in [5.41, 5.74) is 0.556. The lowest BCUT2D eigenvalue weighted by molar-refractivity contribution is 0.0486. The van der Waals surface area contributed by atoms with Crippen LogP contribution in [0.15, 0.2) is 30.3 Å². The molecule has 6 heteroatoms. The lowest BCUT2D eigenvalue weighted by Gasteiger charge is -2.16. The van der Waals surface area contributed by atoms with Crippen molar-refractivity contribution in [2.45, 2.75) is 23.8 Å². The first-order chi connectivity index (χ1) is 8.65. The number of rotatable bonds is 7. The molecule has 1 atom stereocenters. The third-order valence-corrected chi connectivity index (χ3v) is 3.63. The normalized spacial score (nSPS) is 12.6. The van der Waals surface area contributed by atoms with E-state index in [0.717, 1.165) is 0 Å². The van der Waals surface area contributed by atoms with Crippen LogP contribution in [0.4, 0.5) is 0 Å². The van der Waals surface area contributed by atoms with E-state index in [1.54, 1.807) is 24.3 Å². The van der Waals surface area contributed by atoms with Crippen molar-refractivity contribution in [2.75, 3.05) is 6.61 Å². The largest absolute Gasteiger partial charge is 0.462 e. The van der Waals surface area contributed by atoms with Crippen LogP contribution in [0, 0.1) is 0 Å². The van der Waals surface area contributed by atoms with Crippen molar-refractivity contribution in [1.82, 2.24) is 0 Å².